The average Bonchev–Trinajstić information content (AvgIpc) is 2.29. The molecule has 0 aliphatic carbocycles. The Kier molecular flexibility index (Phi) is 6.04. The van der Waals surface area contributed by atoms with Crippen LogP contribution in [0.2, 0.25) is 0 Å². The zero-order valence-corrected chi connectivity index (χ0v) is 10.4. The second-order valence-electron chi connectivity index (χ2n) is 4.17. The van der Waals surface area contributed by atoms with E-state index in [1.54, 1.807) is 0 Å². The van der Waals surface area contributed by atoms with Gasteiger partial charge in [-0.1, -0.05) is 42.5 Å². The number of rotatable bonds is 6. The fraction of sp³-hybridized carbons (Fsp3) is 0.357. The number of hydrogen-bond acceptors (Lipinski definition) is 2. The van der Waals surface area contributed by atoms with Gasteiger partial charge in [-0.05, 0) is 19.4 Å². The van der Waals surface area contributed by atoms with Crippen LogP contribution in [0.5, 0.6) is 0 Å². The molecule has 2 N–H and O–H groups in total. The van der Waals surface area contributed by atoms with E-state index in [1.165, 1.54) is 5.56 Å². The van der Waals surface area contributed by atoms with E-state index in [9.17, 15) is 4.79 Å². The van der Waals surface area contributed by atoms with Crippen LogP contribution in [-0.4, -0.2) is 25.0 Å². The minimum Gasteiger partial charge on any atom is -0.353 e. The molecular weight excluding hydrogens is 212 g/mol. The lowest BCUT2D eigenvalue weighted by Gasteiger charge is -2.07. The Morgan fingerprint density at radius 2 is 2.00 bits per heavy atom. The standard InChI is InChI=1S/C14H20N2O/c1-12(2)16-14(17)11-15-10-6-9-13-7-4-3-5-8-13/h3-9,12,15H,10-11H2,1-2H3,(H,16,17)/b9-6+. The molecule has 1 aromatic rings. The van der Waals surface area contributed by atoms with Crippen molar-refractivity contribution in [1.82, 2.24) is 10.6 Å². The van der Waals surface area contributed by atoms with E-state index in [0.717, 1.165) is 0 Å². The van der Waals surface area contributed by atoms with Crippen LogP contribution in [0.3, 0.4) is 0 Å². The predicted octanol–water partition coefficient (Wildman–Crippen LogP) is 1.81. The predicted molar refractivity (Wildman–Crippen MR) is 71.6 cm³/mol. The van der Waals surface area contributed by atoms with Crippen molar-refractivity contribution in [2.24, 2.45) is 0 Å². The summed E-state index contributed by atoms with van der Waals surface area (Å²) in [4.78, 5) is 11.3. The summed E-state index contributed by atoms with van der Waals surface area (Å²) < 4.78 is 0. The lowest BCUT2D eigenvalue weighted by molar-refractivity contribution is -0.120. The SMILES string of the molecule is CC(C)NC(=O)CNC/C=C/c1ccccc1. The highest BCUT2D eigenvalue weighted by Gasteiger charge is 2.00. The largest absolute Gasteiger partial charge is 0.353 e. The second-order valence-corrected chi connectivity index (χ2v) is 4.17. The van der Waals surface area contributed by atoms with Gasteiger partial charge in [0.2, 0.25) is 5.91 Å². The molecule has 0 saturated carbocycles. The van der Waals surface area contributed by atoms with E-state index < -0.39 is 0 Å². The highest BCUT2D eigenvalue weighted by Crippen LogP contribution is 1.99. The Morgan fingerprint density at radius 1 is 1.29 bits per heavy atom. The molecule has 1 amide bonds. The molecule has 17 heavy (non-hydrogen) atoms. The molecule has 92 valence electrons. The van der Waals surface area contributed by atoms with Crippen LogP contribution in [-0.2, 0) is 4.79 Å². The van der Waals surface area contributed by atoms with E-state index in [0.29, 0.717) is 13.1 Å². The van der Waals surface area contributed by atoms with Crippen LogP contribution in [0.15, 0.2) is 36.4 Å². The quantitative estimate of drug-likeness (QED) is 0.734. The first-order valence-corrected chi connectivity index (χ1v) is 5.90. The number of carbonyl (C=O) groups excluding carboxylic acids is 1. The Morgan fingerprint density at radius 3 is 2.65 bits per heavy atom. The highest BCUT2D eigenvalue weighted by atomic mass is 16.1. The smallest absolute Gasteiger partial charge is 0.234 e. The summed E-state index contributed by atoms with van der Waals surface area (Å²) in [6.07, 6.45) is 4.05. The molecule has 0 fully saturated rings. The average molecular weight is 232 g/mol. The van der Waals surface area contributed by atoms with Gasteiger partial charge in [0.05, 0.1) is 6.54 Å². The summed E-state index contributed by atoms with van der Waals surface area (Å²) in [5.74, 6) is 0.0353. The summed E-state index contributed by atoms with van der Waals surface area (Å²) in [5.41, 5.74) is 1.17. The van der Waals surface area contributed by atoms with Crippen molar-refractivity contribution < 1.29 is 4.79 Å². The third kappa shape index (κ3) is 6.53. The normalized spacial score (nSPS) is 11.0. The van der Waals surface area contributed by atoms with Crippen LogP contribution in [0.1, 0.15) is 19.4 Å². The first kappa shape index (κ1) is 13.5. The van der Waals surface area contributed by atoms with Gasteiger partial charge < -0.3 is 10.6 Å². The fourth-order valence-corrected chi connectivity index (χ4v) is 1.40. The maximum atomic E-state index is 11.3. The van der Waals surface area contributed by atoms with Crippen LogP contribution in [0.25, 0.3) is 6.08 Å². The zero-order chi connectivity index (χ0) is 12.5. The molecule has 1 rings (SSSR count). The third-order valence-corrected chi connectivity index (χ3v) is 2.11. The van der Waals surface area contributed by atoms with Gasteiger partial charge in [-0.2, -0.15) is 0 Å². The van der Waals surface area contributed by atoms with Crippen LogP contribution in [0.4, 0.5) is 0 Å². The molecule has 0 atom stereocenters. The fourth-order valence-electron chi connectivity index (χ4n) is 1.40. The summed E-state index contributed by atoms with van der Waals surface area (Å²) in [7, 11) is 0. The van der Waals surface area contributed by atoms with Gasteiger partial charge >= 0.3 is 0 Å². The van der Waals surface area contributed by atoms with Crippen molar-refractivity contribution in [1.29, 1.82) is 0 Å². The van der Waals surface area contributed by atoms with Crippen molar-refractivity contribution >= 4 is 12.0 Å². The molecule has 0 radical (unpaired) electrons. The second kappa shape index (κ2) is 7.63. The maximum Gasteiger partial charge on any atom is 0.234 e. The number of carbonyl (C=O) groups is 1. The molecule has 3 heteroatoms. The third-order valence-electron chi connectivity index (χ3n) is 2.11. The molecule has 0 unspecified atom stereocenters. The minimum atomic E-state index is 0.0353. The molecule has 0 spiro atoms. The lowest BCUT2D eigenvalue weighted by atomic mass is 10.2. The Hall–Kier alpha value is -1.61. The summed E-state index contributed by atoms with van der Waals surface area (Å²) in [6, 6.07) is 10.3. The number of benzene rings is 1. The van der Waals surface area contributed by atoms with Crippen molar-refractivity contribution in [2.75, 3.05) is 13.1 Å². The monoisotopic (exact) mass is 232 g/mol. The summed E-state index contributed by atoms with van der Waals surface area (Å²) in [6.45, 7) is 4.96. The Bertz CT molecular complexity index is 358. The first-order chi connectivity index (χ1) is 8.18. The van der Waals surface area contributed by atoms with Gasteiger partial charge in [-0.15, -0.1) is 0 Å². The van der Waals surface area contributed by atoms with Crippen molar-refractivity contribution in [3.05, 3.63) is 42.0 Å². The highest BCUT2D eigenvalue weighted by molar-refractivity contribution is 5.78. The summed E-state index contributed by atoms with van der Waals surface area (Å²) in [5, 5.41) is 5.89. The van der Waals surface area contributed by atoms with Crippen molar-refractivity contribution in [3.8, 4) is 0 Å². The zero-order valence-electron chi connectivity index (χ0n) is 10.4. The lowest BCUT2D eigenvalue weighted by Crippen LogP contribution is -2.37. The number of hydrogen-bond donors (Lipinski definition) is 2. The van der Waals surface area contributed by atoms with Crippen LogP contribution >= 0.6 is 0 Å². The van der Waals surface area contributed by atoms with Gasteiger partial charge in [0.15, 0.2) is 0 Å². The van der Waals surface area contributed by atoms with Gasteiger partial charge in [0.25, 0.3) is 0 Å². The van der Waals surface area contributed by atoms with Crippen molar-refractivity contribution in [3.63, 3.8) is 0 Å². The van der Waals surface area contributed by atoms with E-state index in [4.69, 9.17) is 0 Å². The molecule has 0 aliphatic rings. The topological polar surface area (TPSA) is 41.1 Å². The Labute approximate surface area is 103 Å². The minimum absolute atomic E-state index is 0.0353. The van der Waals surface area contributed by atoms with Gasteiger partial charge in [-0.25, -0.2) is 0 Å². The van der Waals surface area contributed by atoms with E-state index in [2.05, 4.69) is 10.6 Å². The van der Waals surface area contributed by atoms with Gasteiger partial charge in [0.1, 0.15) is 0 Å². The molecule has 0 saturated heterocycles. The molecule has 0 aromatic heterocycles. The van der Waals surface area contributed by atoms with E-state index >= 15 is 0 Å². The number of amides is 1. The number of nitrogens with one attached hydrogen (secondary N) is 2. The molecule has 3 nitrogen and oxygen atoms in total. The van der Waals surface area contributed by atoms with E-state index in [1.807, 2.05) is 56.3 Å². The first-order valence-electron chi connectivity index (χ1n) is 5.90. The maximum absolute atomic E-state index is 11.3. The Balaban J connectivity index is 2.16. The van der Waals surface area contributed by atoms with E-state index in [-0.39, 0.29) is 11.9 Å². The molecule has 0 aliphatic heterocycles. The summed E-state index contributed by atoms with van der Waals surface area (Å²) >= 11 is 0. The molecule has 1 aromatic carbocycles. The molecular formula is C14H20N2O. The van der Waals surface area contributed by atoms with Crippen molar-refractivity contribution in [2.45, 2.75) is 19.9 Å². The van der Waals surface area contributed by atoms with Gasteiger partial charge in [-0.3, -0.25) is 4.79 Å². The van der Waals surface area contributed by atoms with Crippen LogP contribution < -0.4 is 10.6 Å². The molecule has 0 bridgehead atoms. The molecule has 0 heterocycles. The van der Waals surface area contributed by atoms with Crippen LogP contribution in [0, 0.1) is 0 Å². The van der Waals surface area contributed by atoms with Gasteiger partial charge in [0, 0.05) is 12.6 Å².